The zero-order valence-electron chi connectivity index (χ0n) is 11.2. The Labute approximate surface area is 128 Å². The lowest BCUT2D eigenvalue weighted by atomic mass is 10.1. The van der Waals surface area contributed by atoms with E-state index in [4.69, 9.17) is 0 Å². The van der Waals surface area contributed by atoms with E-state index in [-0.39, 0.29) is 23.0 Å². The topological polar surface area (TPSA) is 43.4 Å². The van der Waals surface area contributed by atoms with Gasteiger partial charge < -0.3 is 4.74 Å². The van der Waals surface area contributed by atoms with E-state index in [2.05, 4.69) is 20.7 Å². The van der Waals surface area contributed by atoms with Crippen LogP contribution < -0.4 is 0 Å². The van der Waals surface area contributed by atoms with E-state index in [0.717, 1.165) is 17.3 Å². The molecular formula is C14H16BrFO3S. The molecule has 1 aromatic carbocycles. The molecule has 2 rings (SSSR count). The van der Waals surface area contributed by atoms with Gasteiger partial charge >= 0.3 is 5.97 Å². The fourth-order valence-corrected chi connectivity index (χ4v) is 4.30. The molecule has 0 radical (unpaired) electrons. The van der Waals surface area contributed by atoms with Gasteiger partial charge in [-0.1, -0.05) is 15.9 Å². The van der Waals surface area contributed by atoms with Crippen molar-refractivity contribution < 1.29 is 18.1 Å². The van der Waals surface area contributed by atoms with Gasteiger partial charge in [0.05, 0.1) is 19.3 Å². The van der Waals surface area contributed by atoms with E-state index < -0.39 is 10.8 Å². The second-order valence-corrected chi connectivity index (χ2v) is 7.59. The maximum Gasteiger partial charge on any atom is 0.306 e. The minimum absolute atomic E-state index is 0.175. The van der Waals surface area contributed by atoms with Gasteiger partial charge in [0, 0.05) is 26.6 Å². The Morgan fingerprint density at radius 1 is 1.50 bits per heavy atom. The smallest absolute Gasteiger partial charge is 0.306 e. The number of hydrogen-bond acceptors (Lipinski definition) is 3. The number of benzene rings is 1. The third-order valence-corrected chi connectivity index (χ3v) is 5.56. The quantitative estimate of drug-likeness (QED) is 0.730. The molecule has 0 bridgehead atoms. The lowest BCUT2D eigenvalue weighted by Crippen LogP contribution is -2.18. The van der Waals surface area contributed by atoms with Crippen LogP contribution in [0.4, 0.5) is 4.39 Å². The van der Waals surface area contributed by atoms with Crippen molar-refractivity contribution in [3.8, 4) is 0 Å². The molecule has 6 heteroatoms. The molecule has 1 fully saturated rings. The Bertz CT molecular complexity index is 543. The Kier molecular flexibility index (Phi) is 4.96. The molecule has 1 atom stereocenters. The minimum atomic E-state index is -1.18. The number of carbonyl (C=O) groups excluding carboxylic acids is 1. The average Bonchev–Trinajstić information content (AvgIpc) is 3.12. The van der Waals surface area contributed by atoms with Crippen LogP contribution in [-0.4, -0.2) is 23.0 Å². The molecule has 0 N–H and O–H groups in total. The highest BCUT2D eigenvalue weighted by Crippen LogP contribution is 2.49. The van der Waals surface area contributed by atoms with Crippen molar-refractivity contribution in [1.29, 1.82) is 0 Å². The molecular weight excluding hydrogens is 347 g/mol. The standard InChI is InChI=1S/C14H16BrFO3S/c1-19-13(17)7-14(4-5-14)9-20(18)8-10-6-11(15)2-3-12(10)16/h2-3,6H,4-5,7-9H2,1H3. The monoisotopic (exact) mass is 362 g/mol. The summed E-state index contributed by atoms with van der Waals surface area (Å²) in [7, 11) is 0.170. The van der Waals surface area contributed by atoms with Crippen LogP contribution in [0.15, 0.2) is 22.7 Å². The van der Waals surface area contributed by atoms with Gasteiger partial charge in [0.2, 0.25) is 0 Å². The van der Waals surface area contributed by atoms with Crippen LogP contribution in [-0.2, 0) is 26.1 Å². The largest absolute Gasteiger partial charge is 0.469 e. The lowest BCUT2D eigenvalue weighted by Gasteiger charge is -2.13. The lowest BCUT2D eigenvalue weighted by molar-refractivity contribution is -0.141. The molecule has 1 aromatic rings. The molecule has 1 saturated carbocycles. The van der Waals surface area contributed by atoms with Crippen molar-refractivity contribution in [2.45, 2.75) is 25.0 Å². The molecule has 0 amide bonds. The van der Waals surface area contributed by atoms with E-state index in [1.54, 1.807) is 12.1 Å². The number of methoxy groups -OCH3 is 1. The summed E-state index contributed by atoms with van der Waals surface area (Å²) >= 11 is 3.28. The van der Waals surface area contributed by atoms with Crippen LogP contribution >= 0.6 is 15.9 Å². The highest BCUT2D eigenvalue weighted by atomic mass is 79.9. The van der Waals surface area contributed by atoms with Crippen LogP contribution in [0, 0.1) is 11.2 Å². The second kappa shape index (κ2) is 6.35. The maximum atomic E-state index is 13.6. The molecule has 20 heavy (non-hydrogen) atoms. The number of esters is 1. The summed E-state index contributed by atoms with van der Waals surface area (Å²) in [5, 5.41) is 0. The Morgan fingerprint density at radius 3 is 2.80 bits per heavy atom. The van der Waals surface area contributed by atoms with Crippen LogP contribution in [0.1, 0.15) is 24.8 Å². The van der Waals surface area contributed by atoms with Crippen molar-refractivity contribution in [3.63, 3.8) is 0 Å². The zero-order valence-corrected chi connectivity index (χ0v) is 13.6. The van der Waals surface area contributed by atoms with Gasteiger partial charge in [-0.25, -0.2) is 4.39 Å². The summed E-state index contributed by atoms with van der Waals surface area (Å²) in [5.74, 6) is -0.0186. The third-order valence-electron chi connectivity index (χ3n) is 3.50. The zero-order chi connectivity index (χ0) is 14.8. The normalized spacial score (nSPS) is 17.6. The summed E-state index contributed by atoms with van der Waals surface area (Å²) in [6, 6.07) is 4.62. The summed E-state index contributed by atoms with van der Waals surface area (Å²) in [6.45, 7) is 0. The van der Waals surface area contributed by atoms with Crippen molar-refractivity contribution in [3.05, 3.63) is 34.1 Å². The summed E-state index contributed by atoms with van der Waals surface area (Å²) in [5.41, 5.74) is 0.243. The summed E-state index contributed by atoms with van der Waals surface area (Å²) < 4.78 is 31.2. The summed E-state index contributed by atoms with van der Waals surface area (Å²) in [4.78, 5) is 11.3. The van der Waals surface area contributed by atoms with Crippen molar-refractivity contribution >= 4 is 32.7 Å². The van der Waals surface area contributed by atoms with E-state index in [0.29, 0.717) is 17.7 Å². The average molecular weight is 363 g/mol. The molecule has 0 heterocycles. The first kappa shape index (κ1) is 15.6. The Hall–Kier alpha value is -0.750. The molecule has 0 spiro atoms. The number of rotatable bonds is 6. The van der Waals surface area contributed by atoms with Crippen molar-refractivity contribution in [2.75, 3.05) is 12.9 Å². The predicted molar refractivity (Wildman–Crippen MR) is 79.1 cm³/mol. The number of ether oxygens (including phenoxy) is 1. The van der Waals surface area contributed by atoms with E-state index in [9.17, 15) is 13.4 Å². The minimum Gasteiger partial charge on any atom is -0.469 e. The second-order valence-electron chi connectivity index (χ2n) is 5.22. The van der Waals surface area contributed by atoms with Gasteiger partial charge in [-0.05, 0) is 36.5 Å². The molecule has 3 nitrogen and oxygen atoms in total. The summed E-state index contributed by atoms with van der Waals surface area (Å²) in [6.07, 6.45) is 2.07. The molecule has 1 aliphatic carbocycles. The Morgan fingerprint density at radius 2 is 2.20 bits per heavy atom. The van der Waals surface area contributed by atoms with Gasteiger partial charge in [-0.2, -0.15) is 0 Å². The van der Waals surface area contributed by atoms with Crippen LogP contribution in [0.2, 0.25) is 0 Å². The fourth-order valence-electron chi connectivity index (χ4n) is 2.15. The van der Waals surface area contributed by atoms with Crippen molar-refractivity contribution in [1.82, 2.24) is 0 Å². The first-order valence-electron chi connectivity index (χ1n) is 6.30. The van der Waals surface area contributed by atoms with Crippen molar-refractivity contribution in [2.24, 2.45) is 5.41 Å². The van der Waals surface area contributed by atoms with Crippen LogP contribution in [0.3, 0.4) is 0 Å². The van der Waals surface area contributed by atoms with Gasteiger partial charge in [-0.3, -0.25) is 9.00 Å². The first-order valence-corrected chi connectivity index (χ1v) is 8.58. The molecule has 1 unspecified atom stereocenters. The molecule has 0 aliphatic heterocycles. The SMILES string of the molecule is COC(=O)CC1(CS(=O)Cc2cc(Br)ccc2F)CC1. The molecule has 0 aromatic heterocycles. The first-order chi connectivity index (χ1) is 9.44. The van der Waals surface area contributed by atoms with Gasteiger partial charge in [0.25, 0.3) is 0 Å². The van der Waals surface area contributed by atoms with Crippen LogP contribution in [0.5, 0.6) is 0 Å². The number of halogens is 2. The number of hydrogen-bond donors (Lipinski definition) is 0. The third kappa shape index (κ3) is 4.12. The number of carbonyl (C=O) groups is 1. The van der Waals surface area contributed by atoms with Gasteiger partial charge in [-0.15, -0.1) is 0 Å². The van der Waals surface area contributed by atoms with E-state index in [1.807, 2.05) is 0 Å². The van der Waals surface area contributed by atoms with Gasteiger partial charge in [0.1, 0.15) is 5.82 Å². The maximum absolute atomic E-state index is 13.6. The fraction of sp³-hybridized carbons (Fsp3) is 0.500. The van der Waals surface area contributed by atoms with E-state index in [1.165, 1.54) is 13.2 Å². The van der Waals surface area contributed by atoms with Crippen LogP contribution in [0.25, 0.3) is 0 Å². The molecule has 1 aliphatic rings. The molecule has 0 saturated heterocycles. The highest BCUT2D eigenvalue weighted by Gasteiger charge is 2.45. The Balaban J connectivity index is 1.96. The van der Waals surface area contributed by atoms with Gasteiger partial charge in [0.15, 0.2) is 0 Å². The highest BCUT2D eigenvalue weighted by molar-refractivity contribution is 9.10. The predicted octanol–water partition coefficient (Wildman–Crippen LogP) is 3.18. The van der Waals surface area contributed by atoms with E-state index >= 15 is 0 Å². The molecule has 110 valence electrons.